The van der Waals surface area contributed by atoms with Crippen LogP contribution in [-0.4, -0.2) is 28.0 Å². The van der Waals surface area contributed by atoms with E-state index in [0.29, 0.717) is 22.9 Å². The highest BCUT2D eigenvalue weighted by atomic mass is 32.2. The van der Waals surface area contributed by atoms with E-state index in [-0.39, 0.29) is 10.8 Å². The van der Waals surface area contributed by atoms with Crippen molar-refractivity contribution in [2.75, 3.05) is 23.3 Å². The third kappa shape index (κ3) is 3.68. The lowest BCUT2D eigenvalue weighted by Gasteiger charge is -2.18. The van der Waals surface area contributed by atoms with Gasteiger partial charge in [-0.1, -0.05) is 12.1 Å². The number of benzene rings is 2. The van der Waals surface area contributed by atoms with Crippen LogP contribution in [0.2, 0.25) is 0 Å². The summed E-state index contributed by atoms with van der Waals surface area (Å²) < 4.78 is 33.9. The molecule has 0 saturated heterocycles. The van der Waals surface area contributed by atoms with E-state index >= 15 is 0 Å². The molecule has 0 radical (unpaired) electrons. The number of amides is 1. The molecule has 2 heterocycles. The van der Waals surface area contributed by atoms with Crippen molar-refractivity contribution < 1.29 is 17.9 Å². The Bertz CT molecular complexity index is 1190. The van der Waals surface area contributed by atoms with Gasteiger partial charge in [0, 0.05) is 12.2 Å². The number of hydrogen-bond donors (Lipinski definition) is 1. The number of ether oxygens (including phenoxy) is 1. The highest BCUT2D eigenvalue weighted by Gasteiger charge is 2.27. The van der Waals surface area contributed by atoms with Crippen molar-refractivity contribution >= 4 is 38.6 Å². The number of fused-ring (bicyclic) bond motifs is 1. The molecule has 156 valence electrons. The summed E-state index contributed by atoms with van der Waals surface area (Å²) in [5.41, 5.74) is 3.69. The van der Waals surface area contributed by atoms with Gasteiger partial charge in [0.2, 0.25) is 0 Å². The summed E-state index contributed by atoms with van der Waals surface area (Å²) >= 11 is 1.40. The molecule has 8 heteroatoms. The third-order valence-corrected chi connectivity index (χ3v) is 7.38. The average molecular weight is 443 g/mol. The first-order valence-electron chi connectivity index (χ1n) is 9.46. The summed E-state index contributed by atoms with van der Waals surface area (Å²) in [6, 6.07) is 12.2. The SMILES string of the molecule is COc1c(C)cc(S(=O)(=O)Nc2ccc3c(c2)N(C(=O)c2cccs2)CC3)cc1C. The van der Waals surface area contributed by atoms with Crippen LogP contribution in [0.5, 0.6) is 5.75 Å². The minimum atomic E-state index is -3.79. The maximum absolute atomic E-state index is 13.0. The van der Waals surface area contributed by atoms with Gasteiger partial charge in [0.25, 0.3) is 15.9 Å². The van der Waals surface area contributed by atoms with Gasteiger partial charge in [0.1, 0.15) is 5.75 Å². The Morgan fingerprint density at radius 1 is 1.13 bits per heavy atom. The summed E-state index contributed by atoms with van der Waals surface area (Å²) in [7, 11) is -2.22. The van der Waals surface area contributed by atoms with E-state index in [1.165, 1.54) is 11.3 Å². The number of nitrogens with zero attached hydrogens (tertiary/aromatic N) is 1. The first-order chi connectivity index (χ1) is 14.3. The van der Waals surface area contributed by atoms with Crippen LogP contribution in [-0.2, 0) is 16.4 Å². The van der Waals surface area contributed by atoms with Gasteiger partial charge in [-0.3, -0.25) is 9.52 Å². The van der Waals surface area contributed by atoms with Gasteiger partial charge in [0.05, 0.1) is 22.6 Å². The number of carbonyl (C=O) groups excluding carboxylic acids is 1. The molecule has 1 aliphatic rings. The van der Waals surface area contributed by atoms with E-state index in [1.807, 2.05) is 31.4 Å². The van der Waals surface area contributed by atoms with Gasteiger partial charge in [0.15, 0.2) is 0 Å². The van der Waals surface area contributed by atoms with Crippen LogP contribution in [0.4, 0.5) is 11.4 Å². The molecule has 0 spiro atoms. The number of anilines is 2. The van der Waals surface area contributed by atoms with Crippen molar-refractivity contribution in [3.05, 3.63) is 69.4 Å². The Labute approximate surface area is 180 Å². The molecule has 0 fully saturated rings. The van der Waals surface area contributed by atoms with E-state index in [2.05, 4.69) is 4.72 Å². The second-order valence-corrected chi connectivity index (χ2v) is 9.85. The molecule has 1 aromatic heterocycles. The number of thiophene rings is 1. The van der Waals surface area contributed by atoms with Gasteiger partial charge in [-0.15, -0.1) is 11.3 Å². The molecule has 1 aliphatic heterocycles. The Balaban J connectivity index is 1.64. The quantitative estimate of drug-likeness (QED) is 0.636. The molecule has 4 rings (SSSR count). The van der Waals surface area contributed by atoms with E-state index in [4.69, 9.17) is 4.74 Å². The molecule has 2 aromatic carbocycles. The number of hydrogen-bond acceptors (Lipinski definition) is 5. The Morgan fingerprint density at radius 2 is 1.87 bits per heavy atom. The van der Waals surface area contributed by atoms with E-state index in [0.717, 1.165) is 28.8 Å². The summed E-state index contributed by atoms with van der Waals surface area (Å²) in [5.74, 6) is 0.611. The monoisotopic (exact) mass is 442 g/mol. The zero-order chi connectivity index (χ0) is 21.5. The van der Waals surface area contributed by atoms with Crippen molar-refractivity contribution in [3.63, 3.8) is 0 Å². The summed E-state index contributed by atoms with van der Waals surface area (Å²) in [6.45, 7) is 4.21. The van der Waals surface area contributed by atoms with E-state index in [9.17, 15) is 13.2 Å². The molecular formula is C22H22N2O4S2. The summed E-state index contributed by atoms with van der Waals surface area (Å²) in [6.07, 6.45) is 0.746. The van der Waals surface area contributed by atoms with Crippen LogP contribution in [0, 0.1) is 13.8 Å². The fourth-order valence-electron chi connectivity index (χ4n) is 3.79. The number of carbonyl (C=O) groups is 1. The van der Waals surface area contributed by atoms with Crippen molar-refractivity contribution in [2.45, 2.75) is 25.2 Å². The largest absolute Gasteiger partial charge is 0.496 e. The lowest BCUT2D eigenvalue weighted by atomic mass is 10.1. The standard InChI is InChI=1S/C22H22N2O4S2/c1-14-11-18(12-15(2)21(14)28-3)30(26,27)23-17-7-6-16-8-9-24(19(16)13-17)22(25)20-5-4-10-29-20/h4-7,10-13,23H,8-9H2,1-3H3. The maximum atomic E-state index is 13.0. The second-order valence-electron chi connectivity index (χ2n) is 7.22. The molecule has 0 atom stereocenters. The van der Waals surface area contributed by atoms with Crippen molar-refractivity contribution in [2.24, 2.45) is 0 Å². The summed E-state index contributed by atoms with van der Waals surface area (Å²) in [5, 5.41) is 1.87. The molecule has 0 saturated carbocycles. The van der Waals surface area contributed by atoms with Crippen LogP contribution in [0.25, 0.3) is 0 Å². The normalized spacial score (nSPS) is 13.2. The number of nitrogens with one attached hydrogen (secondary N) is 1. The molecule has 6 nitrogen and oxygen atoms in total. The van der Waals surface area contributed by atoms with Gasteiger partial charge in [-0.2, -0.15) is 0 Å². The molecule has 0 bridgehead atoms. The third-order valence-electron chi connectivity index (χ3n) is 5.16. The Hall–Kier alpha value is -2.84. The van der Waals surface area contributed by atoms with Gasteiger partial charge in [-0.25, -0.2) is 8.42 Å². The van der Waals surface area contributed by atoms with Crippen LogP contribution in [0.3, 0.4) is 0 Å². The summed E-state index contributed by atoms with van der Waals surface area (Å²) in [4.78, 5) is 15.4. The molecule has 1 amide bonds. The number of rotatable bonds is 5. The fraction of sp³-hybridized carbons (Fsp3) is 0.227. The zero-order valence-electron chi connectivity index (χ0n) is 16.9. The first-order valence-corrected chi connectivity index (χ1v) is 11.8. The van der Waals surface area contributed by atoms with Crippen molar-refractivity contribution in [3.8, 4) is 5.75 Å². The highest BCUT2D eigenvalue weighted by molar-refractivity contribution is 7.92. The van der Waals surface area contributed by atoms with Gasteiger partial charge < -0.3 is 9.64 Å². The molecule has 30 heavy (non-hydrogen) atoms. The minimum Gasteiger partial charge on any atom is -0.496 e. The molecule has 1 N–H and O–H groups in total. The zero-order valence-corrected chi connectivity index (χ0v) is 18.6. The topological polar surface area (TPSA) is 75.7 Å². The van der Waals surface area contributed by atoms with Crippen molar-refractivity contribution in [1.29, 1.82) is 0 Å². The predicted octanol–water partition coefficient (Wildman–Crippen LogP) is 4.38. The van der Waals surface area contributed by atoms with Crippen LogP contribution >= 0.6 is 11.3 Å². The predicted molar refractivity (Wildman–Crippen MR) is 119 cm³/mol. The van der Waals surface area contributed by atoms with Crippen LogP contribution < -0.4 is 14.4 Å². The molecule has 0 aliphatic carbocycles. The highest BCUT2D eigenvalue weighted by Crippen LogP contribution is 2.34. The van der Waals surface area contributed by atoms with Crippen LogP contribution in [0.1, 0.15) is 26.4 Å². The number of methoxy groups -OCH3 is 1. The smallest absolute Gasteiger partial charge is 0.268 e. The Morgan fingerprint density at radius 3 is 2.50 bits per heavy atom. The van der Waals surface area contributed by atoms with Crippen molar-refractivity contribution in [1.82, 2.24) is 0 Å². The van der Waals surface area contributed by atoms with E-state index < -0.39 is 10.0 Å². The minimum absolute atomic E-state index is 0.0647. The average Bonchev–Trinajstić information content (AvgIpc) is 3.37. The van der Waals surface area contributed by atoms with Crippen LogP contribution in [0.15, 0.2) is 52.7 Å². The number of sulfonamides is 1. The van der Waals surface area contributed by atoms with E-state index in [1.54, 1.807) is 42.3 Å². The lowest BCUT2D eigenvalue weighted by molar-refractivity contribution is 0.0993. The lowest BCUT2D eigenvalue weighted by Crippen LogP contribution is -2.28. The molecule has 3 aromatic rings. The molecular weight excluding hydrogens is 420 g/mol. The van der Waals surface area contributed by atoms with Gasteiger partial charge in [-0.05, 0) is 72.7 Å². The fourth-order valence-corrected chi connectivity index (χ4v) is 5.68. The molecule has 0 unspecified atom stereocenters. The van der Waals surface area contributed by atoms with Gasteiger partial charge >= 0.3 is 0 Å². The number of aryl methyl sites for hydroxylation is 2. The first kappa shape index (κ1) is 20.4. The Kier molecular flexibility index (Phi) is 5.29. The maximum Gasteiger partial charge on any atom is 0.268 e. The second kappa shape index (κ2) is 7.77.